The van der Waals surface area contributed by atoms with Gasteiger partial charge in [0, 0.05) is 12.3 Å². The maximum absolute atomic E-state index is 13.6. The second-order valence-corrected chi connectivity index (χ2v) is 9.53. The van der Waals surface area contributed by atoms with Gasteiger partial charge in [-0.3, -0.25) is 23.6 Å². The number of nitrogens with zero attached hydrogens (tertiary/aromatic N) is 4. The minimum atomic E-state index is -0.528. The van der Waals surface area contributed by atoms with Crippen LogP contribution >= 0.6 is 11.3 Å². The summed E-state index contributed by atoms with van der Waals surface area (Å²) in [4.78, 5) is 45.8. The number of carbonyl (C=O) groups excluding carboxylic acids is 1. The van der Waals surface area contributed by atoms with Gasteiger partial charge >= 0.3 is 5.69 Å². The molecule has 1 amide bonds. The number of carbonyl (C=O) groups is 1. The highest BCUT2D eigenvalue weighted by atomic mass is 32.1. The molecule has 0 saturated heterocycles. The molecule has 7 nitrogen and oxygen atoms in total. The van der Waals surface area contributed by atoms with Crippen molar-refractivity contribution in [2.45, 2.75) is 26.6 Å². The van der Waals surface area contributed by atoms with E-state index in [4.69, 9.17) is 4.98 Å². The van der Waals surface area contributed by atoms with Gasteiger partial charge < -0.3 is 0 Å². The number of aryl methyl sites for hydroxylation is 1. The average molecular weight is 497 g/mol. The fourth-order valence-electron chi connectivity index (χ4n) is 4.04. The van der Waals surface area contributed by atoms with Gasteiger partial charge in [-0.1, -0.05) is 84.1 Å². The Labute approximate surface area is 211 Å². The highest BCUT2D eigenvalue weighted by molar-refractivity contribution is 7.22. The van der Waals surface area contributed by atoms with E-state index in [-0.39, 0.29) is 19.0 Å². The predicted octanol–water partition coefficient (Wildman–Crippen LogP) is 4.21. The number of anilines is 1. The lowest BCUT2D eigenvalue weighted by Crippen LogP contribution is -2.44. The molecule has 180 valence electrons. The second-order valence-electron chi connectivity index (χ2n) is 8.52. The fraction of sp³-hybridized carbons (Fsp3) is 0.143. The maximum atomic E-state index is 13.6. The van der Waals surface area contributed by atoms with Crippen molar-refractivity contribution in [2.24, 2.45) is 0 Å². The molecule has 0 radical (unpaired) electrons. The molecule has 3 aromatic carbocycles. The first-order valence-electron chi connectivity index (χ1n) is 11.5. The molecule has 0 atom stereocenters. The third kappa shape index (κ3) is 4.89. The summed E-state index contributed by atoms with van der Waals surface area (Å²) in [5.74, 6) is -0.382. The van der Waals surface area contributed by atoms with E-state index in [9.17, 15) is 14.4 Å². The fourth-order valence-corrected chi connectivity index (χ4v) is 5.10. The number of para-hydroxylation sites is 1. The normalized spacial score (nSPS) is 11.0. The van der Waals surface area contributed by atoms with Gasteiger partial charge in [-0.25, -0.2) is 9.78 Å². The lowest BCUT2D eigenvalue weighted by atomic mass is 10.2. The lowest BCUT2D eigenvalue weighted by molar-refractivity contribution is -0.119. The summed E-state index contributed by atoms with van der Waals surface area (Å²) >= 11 is 1.41. The van der Waals surface area contributed by atoms with Crippen molar-refractivity contribution >= 4 is 32.6 Å². The minimum Gasteiger partial charge on any atom is -0.296 e. The molecule has 0 saturated carbocycles. The van der Waals surface area contributed by atoms with Crippen molar-refractivity contribution in [1.82, 2.24) is 14.1 Å². The second kappa shape index (κ2) is 10.1. The Hall–Kier alpha value is -4.30. The molecule has 0 aliphatic heterocycles. The van der Waals surface area contributed by atoms with Crippen molar-refractivity contribution < 1.29 is 4.79 Å². The van der Waals surface area contributed by atoms with Gasteiger partial charge in [0.2, 0.25) is 5.91 Å². The predicted molar refractivity (Wildman–Crippen MR) is 142 cm³/mol. The molecule has 0 fully saturated rings. The Morgan fingerprint density at radius 3 is 2.28 bits per heavy atom. The third-order valence-corrected chi connectivity index (χ3v) is 7.00. The number of rotatable bonds is 7. The Bertz CT molecular complexity index is 1640. The Morgan fingerprint density at radius 2 is 1.58 bits per heavy atom. The number of hydrogen-bond donors (Lipinski definition) is 0. The van der Waals surface area contributed by atoms with Crippen LogP contribution in [0.5, 0.6) is 0 Å². The summed E-state index contributed by atoms with van der Waals surface area (Å²) in [5, 5.41) is 0.529. The molecule has 0 aliphatic carbocycles. The van der Waals surface area contributed by atoms with Crippen LogP contribution < -0.4 is 16.1 Å². The lowest BCUT2D eigenvalue weighted by Gasteiger charge is -2.20. The summed E-state index contributed by atoms with van der Waals surface area (Å²) < 4.78 is 3.40. The van der Waals surface area contributed by atoms with E-state index >= 15 is 0 Å². The van der Waals surface area contributed by atoms with Crippen molar-refractivity contribution in [3.05, 3.63) is 129 Å². The smallest absolute Gasteiger partial charge is 0.296 e. The van der Waals surface area contributed by atoms with Gasteiger partial charge in [-0.2, -0.15) is 0 Å². The number of thiazole rings is 1. The van der Waals surface area contributed by atoms with E-state index in [1.54, 1.807) is 4.90 Å². The third-order valence-electron chi connectivity index (χ3n) is 5.95. The van der Waals surface area contributed by atoms with Gasteiger partial charge in [-0.05, 0) is 29.7 Å². The highest BCUT2D eigenvalue weighted by Crippen LogP contribution is 2.31. The number of benzene rings is 3. The Morgan fingerprint density at radius 1 is 0.889 bits per heavy atom. The zero-order valence-electron chi connectivity index (χ0n) is 19.7. The van der Waals surface area contributed by atoms with Crippen LogP contribution in [0.25, 0.3) is 10.2 Å². The first-order valence-corrected chi connectivity index (χ1v) is 12.4. The van der Waals surface area contributed by atoms with Gasteiger partial charge in [0.15, 0.2) is 5.13 Å². The summed E-state index contributed by atoms with van der Waals surface area (Å²) in [6.45, 7) is 2.18. The first kappa shape index (κ1) is 23.4. The summed E-state index contributed by atoms with van der Waals surface area (Å²) in [7, 11) is 0. The van der Waals surface area contributed by atoms with Crippen LogP contribution in [0, 0.1) is 6.92 Å². The zero-order chi connectivity index (χ0) is 25.1. The molecule has 0 unspecified atom stereocenters. The highest BCUT2D eigenvalue weighted by Gasteiger charge is 2.22. The summed E-state index contributed by atoms with van der Waals surface area (Å²) in [6.07, 6.45) is 1.47. The topological polar surface area (TPSA) is 77.2 Å². The van der Waals surface area contributed by atoms with Crippen LogP contribution in [0.3, 0.4) is 0 Å². The molecule has 5 rings (SSSR count). The standard InChI is InChI=1S/C28H24N4O3S/c1-20-9-8-14-23-26(20)29-27(36-23)31(18-22-12-6-3-7-13-22)25(34)19-32-24(33)15-16-30(28(32)35)17-21-10-4-2-5-11-21/h2-16H,17-19H2,1H3. The average Bonchev–Trinajstić information content (AvgIpc) is 3.33. The van der Waals surface area contributed by atoms with Crippen LogP contribution in [-0.4, -0.2) is 20.0 Å². The number of amides is 1. The molecule has 0 aliphatic rings. The van der Waals surface area contributed by atoms with Gasteiger partial charge in [0.1, 0.15) is 6.54 Å². The molecule has 2 heterocycles. The van der Waals surface area contributed by atoms with Gasteiger partial charge in [-0.15, -0.1) is 0 Å². The van der Waals surface area contributed by atoms with Crippen molar-refractivity contribution in [3.63, 3.8) is 0 Å². The van der Waals surface area contributed by atoms with E-state index < -0.39 is 11.2 Å². The monoisotopic (exact) mass is 496 g/mol. The van der Waals surface area contributed by atoms with E-state index in [2.05, 4.69) is 0 Å². The largest absolute Gasteiger partial charge is 0.331 e. The van der Waals surface area contributed by atoms with Crippen molar-refractivity contribution in [2.75, 3.05) is 4.90 Å². The number of hydrogen-bond acceptors (Lipinski definition) is 5. The van der Waals surface area contributed by atoms with Crippen LogP contribution in [0.4, 0.5) is 5.13 Å². The van der Waals surface area contributed by atoms with Crippen LogP contribution in [0.1, 0.15) is 16.7 Å². The molecule has 36 heavy (non-hydrogen) atoms. The number of aromatic nitrogens is 3. The molecule has 0 bridgehead atoms. The summed E-state index contributed by atoms with van der Waals surface area (Å²) in [5.41, 5.74) is 2.66. The molecular formula is C28H24N4O3S. The SMILES string of the molecule is Cc1cccc2sc(N(Cc3ccccc3)C(=O)Cn3c(=O)ccn(Cc4ccccc4)c3=O)nc12. The maximum Gasteiger partial charge on any atom is 0.331 e. The van der Waals surface area contributed by atoms with Crippen LogP contribution in [0.2, 0.25) is 0 Å². The molecule has 2 aromatic heterocycles. The van der Waals surface area contributed by atoms with E-state index in [0.717, 1.165) is 31.5 Å². The quantitative estimate of drug-likeness (QED) is 0.338. The van der Waals surface area contributed by atoms with Crippen molar-refractivity contribution in [1.29, 1.82) is 0 Å². The molecule has 0 N–H and O–H groups in total. The van der Waals surface area contributed by atoms with Crippen LogP contribution in [-0.2, 0) is 24.4 Å². The molecular weight excluding hydrogens is 472 g/mol. The van der Waals surface area contributed by atoms with E-state index in [1.807, 2.05) is 85.8 Å². The van der Waals surface area contributed by atoms with E-state index in [0.29, 0.717) is 11.7 Å². The van der Waals surface area contributed by atoms with Gasteiger partial charge in [0.25, 0.3) is 5.56 Å². The Balaban J connectivity index is 1.50. The molecule has 0 spiro atoms. The van der Waals surface area contributed by atoms with E-state index in [1.165, 1.54) is 28.2 Å². The minimum absolute atomic E-state index is 0.276. The molecule has 8 heteroatoms. The van der Waals surface area contributed by atoms with Crippen molar-refractivity contribution in [3.8, 4) is 0 Å². The summed E-state index contributed by atoms with van der Waals surface area (Å²) in [6, 6.07) is 26.3. The number of fused-ring (bicyclic) bond motifs is 1. The first-order chi connectivity index (χ1) is 17.5. The Kier molecular flexibility index (Phi) is 6.60. The van der Waals surface area contributed by atoms with Crippen LogP contribution in [0.15, 0.2) is 101 Å². The molecule has 5 aromatic rings. The zero-order valence-corrected chi connectivity index (χ0v) is 20.5. The van der Waals surface area contributed by atoms with Gasteiger partial charge in [0.05, 0.1) is 23.3 Å².